The fourth-order valence-electron chi connectivity index (χ4n) is 2.13. The first-order valence-electron chi connectivity index (χ1n) is 6.43. The molecule has 1 N–H and O–H groups in total. The van der Waals surface area contributed by atoms with Crippen LogP contribution in [0.5, 0.6) is 0 Å². The van der Waals surface area contributed by atoms with Crippen LogP contribution in [0.1, 0.15) is 50.5 Å². The highest BCUT2D eigenvalue weighted by Gasteiger charge is 2.23. The summed E-state index contributed by atoms with van der Waals surface area (Å²) in [6.45, 7) is 2.16. The second-order valence-electron chi connectivity index (χ2n) is 4.58. The molecule has 1 aromatic heterocycles. The van der Waals surface area contributed by atoms with Crippen LogP contribution in [0.4, 0.5) is 5.13 Å². The highest BCUT2D eigenvalue weighted by atomic mass is 32.1. The number of unbranched alkanes of at least 4 members (excludes halogenated alkanes) is 1. The zero-order chi connectivity index (χ0) is 12.1. The van der Waals surface area contributed by atoms with E-state index in [0.29, 0.717) is 5.13 Å². The first-order valence-corrected chi connectivity index (χ1v) is 7.24. The largest absolute Gasteiger partial charge is 0.300 e. The minimum atomic E-state index is 0.126. The Balaban J connectivity index is 1.85. The van der Waals surface area contributed by atoms with Crippen LogP contribution in [0, 0.1) is 5.92 Å². The molecule has 0 aromatic carbocycles. The number of anilines is 1. The van der Waals surface area contributed by atoms with Crippen LogP contribution in [0.15, 0.2) is 0 Å². The van der Waals surface area contributed by atoms with Crippen LogP contribution in [0.2, 0.25) is 0 Å². The number of amides is 1. The van der Waals surface area contributed by atoms with Gasteiger partial charge in [0.2, 0.25) is 11.0 Å². The molecule has 1 aliphatic rings. The standard InChI is InChI=1S/C12H19N3OS/c1-2-3-8-10-14-15-12(17-10)13-11(16)9-6-4-5-7-9/h9H,2-8H2,1H3,(H,13,15,16). The predicted molar refractivity (Wildman–Crippen MR) is 69.1 cm³/mol. The van der Waals surface area contributed by atoms with Crippen molar-refractivity contribution in [3.63, 3.8) is 0 Å². The van der Waals surface area contributed by atoms with Crippen molar-refractivity contribution in [3.05, 3.63) is 5.01 Å². The van der Waals surface area contributed by atoms with Crippen molar-refractivity contribution in [2.24, 2.45) is 5.92 Å². The lowest BCUT2D eigenvalue weighted by Crippen LogP contribution is -2.20. The Morgan fingerprint density at radius 1 is 1.41 bits per heavy atom. The van der Waals surface area contributed by atoms with Gasteiger partial charge in [-0.1, -0.05) is 37.5 Å². The third-order valence-electron chi connectivity index (χ3n) is 3.17. The van der Waals surface area contributed by atoms with Crippen molar-refractivity contribution >= 4 is 22.4 Å². The number of carbonyl (C=O) groups excluding carboxylic acids is 1. The smallest absolute Gasteiger partial charge is 0.229 e. The summed E-state index contributed by atoms with van der Waals surface area (Å²) < 4.78 is 0. The Morgan fingerprint density at radius 3 is 2.88 bits per heavy atom. The van der Waals surface area contributed by atoms with Gasteiger partial charge in [-0.05, 0) is 19.3 Å². The van der Waals surface area contributed by atoms with Crippen molar-refractivity contribution < 1.29 is 4.79 Å². The molecule has 5 heteroatoms. The molecule has 0 radical (unpaired) electrons. The molecule has 0 unspecified atom stereocenters. The molecule has 1 saturated carbocycles. The van der Waals surface area contributed by atoms with Crippen LogP contribution < -0.4 is 5.32 Å². The third-order valence-corrected chi connectivity index (χ3v) is 4.07. The summed E-state index contributed by atoms with van der Waals surface area (Å²) >= 11 is 1.51. The second kappa shape index (κ2) is 6.10. The maximum Gasteiger partial charge on any atom is 0.229 e. The van der Waals surface area contributed by atoms with Gasteiger partial charge in [-0.2, -0.15) is 0 Å². The molecule has 0 spiro atoms. The summed E-state index contributed by atoms with van der Waals surface area (Å²) in [6.07, 6.45) is 7.65. The lowest BCUT2D eigenvalue weighted by Gasteiger charge is -2.06. The normalized spacial score (nSPS) is 16.3. The Morgan fingerprint density at radius 2 is 2.18 bits per heavy atom. The van der Waals surface area contributed by atoms with Gasteiger partial charge in [0, 0.05) is 12.3 Å². The molecule has 0 atom stereocenters. The zero-order valence-corrected chi connectivity index (χ0v) is 11.1. The van der Waals surface area contributed by atoms with Crippen molar-refractivity contribution in [1.29, 1.82) is 0 Å². The molecule has 0 aliphatic heterocycles. The van der Waals surface area contributed by atoms with Crippen LogP contribution in [0.3, 0.4) is 0 Å². The summed E-state index contributed by atoms with van der Waals surface area (Å²) in [6, 6.07) is 0. The predicted octanol–water partition coefficient (Wildman–Crippen LogP) is 3.01. The average molecular weight is 253 g/mol. The van der Waals surface area contributed by atoms with E-state index in [0.717, 1.165) is 37.1 Å². The van der Waals surface area contributed by atoms with Crippen LogP contribution in [0.25, 0.3) is 0 Å². The molecule has 1 heterocycles. The maximum absolute atomic E-state index is 11.9. The number of hydrogen-bond acceptors (Lipinski definition) is 4. The van der Waals surface area contributed by atoms with E-state index in [2.05, 4.69) is 22.4 Å². The molecule has 17 heavy (non-hydrogen) atoms. The summed E-state index contributed by atoms with van der Waals surface area (Å²) in [4.78, 5) is 11.9. The SMILES string of the molecule is CCCCc1nnc(NC(=O)C2CCCC2)s1. The fraction of sp³-hybridized carbons (Fsp3) is 0.750. The molecule has 1 aromatic rings. The molecule has 94 valence electrons. The number of rotatable bonds is 5. The second-order valence-corrected chi connectivity index (χ2v) is 5.64. The maximum atomic E-state index is 11.9. The van der Waals surface area contributed by atoms with E-state index in [1.165, 1.54) is 24.2 Å². The van der Waals surface area contributed by atoms with Gasteiger partial charge in [0.25, 0.3) is 0 Å². The van der Waals surface area contributed by atoms with Gasteiger partial charge in [-0.25, -0.2) is 0 Å². The number of nitrogens with zero attached hydrogens (tertiary/aromatic N) is 2. The topological polar surface area (TPSA) is 54.9 Å². The molecule has 0 saturated heterocycles. The molecule has 1 amide bonds. The monoisotopic (exact) mass is 253 g/mol. The summed E-state index contributed by atoms with van der Waals surface area (Å²) in [7, 11) is 0. The molecule has 4 nitrogen and oxygen atoms in total. The van der Waals surface area contributed by atoms with E-state index >= 15 is 0 Å². The molecular weight excluding hydrogens is 234 g/mol. The molecule has 0 bridgehead atoms. The summed E-state index contributed by atoms with van der Waals surface area (Å²) in [5, 5.41) is 12.7. The first-order chi connectivity index (χ1) is 8.29. The summed E-state index contributed by atoms with van der Waals surface area (Å²) in [5.41, 5.74) is 0. The van der Waals surface area contributed by atoms with E-state index in [4.69, 9.17) is 0 Å². The number of carbonyl (C=O) groups is 1. The van der Waals surface area contributed by atoms with E-state index < -0.39 is 0 Å². The fourth-order valence-corrected chi connectivity index (χ4v) is 2.91. The van der Waals surface area contributed by atoms with E-state index in [9.17, 15) is 4.79 Å². The van der Waals surface area contributed by atoms with Gasteiger partial charge in [0.15, 0.2) is 0 Å². The Labute approximate surface area is 106 Å². The van der Waals surface area contributed by atoms with Crippen molar-refractivity contribution in [3.8, 4) is 0 Å². The highest BCUT2D eigenvalue weighted by Crippen LogP contribution is 2.26. The third kappa shape index (κ3) is 3.49. The van der Waals surface area contributed by atoms with Crippen LogP contribution in [-0.4, -0.2) is 16.1 Å². The Hall–Kier alpha value is -0.970. The van der Waals surface area contributed by atoms with Gasteiger partial charge in [0.05, 0.1) is 0 Å². The van der Waals surface area contributed by atoms with Crippen molar-refractivity contribution in [1.82, 2.24) is 10.2 Å². The van der Waals surface area contributed by atoms with Crippen molar-refractivity contribution in [2.45, 2.75) is 51.9 Å². The lowest BCUT2D eigenvalue weighted by atomic mass is 10.1. The Bertz CT molecular complexity index is 372. The molecular formula is C12H19N3OS. The van der Waals surface area contributed by atoms with Gasteiger partial charge in [0.1, 0.15) is 5.01 Å². The van der Waals surface area contributed by atoms with E-state index in [1.54, 1.807) is 0 Å². The average Bonchev–Trinajstić information content (AvgIpc) is 2.97. The highest BCUT2D eigenvalue weighted by molar-refractivity contribution is 7.15. The summed E-state index contributed by atoms with van der Waals surface area (Å²) in [5.74, 6) is 0.318. The Kier molecular flexibility index (Phi) is 4.48. The first kappa shape index (κ1) is 12.5. The van der Waals surface area contributed by atoms with Crippen molar-refractivity contribution in [2.75, 3.05) is 5.32 Å². The molecule has 1 aliphatic carbocycles. The van der Waals surface area contributed by atoms with Gasteiger partial charge in [-0.15, -0.1) is 10.2 Å². The molecule has 1 fully saturated rings. The quantitative estimate of drug-likeness (QED) is 0.877. The van der Waals surface area contributed by atoms with Gasteiger partial charge >= 0.3 is 0 Å². The zero-order valence-electron chi connectivity index (χ0n) is 10.2. The minimum absolute atomic E-state index is 0.126. The number of aromatic nitrogens is 2. The van der Waals surface area contributed by atoms with Gasteiger partial charge < -0.3 is 5.32 Å². The lowest BCUT2D eigenvalue weighted by molar-refractivity contribution is -0.119. The van der Waals surface area contributed by atoms with E-state index in [1.807, 2.05) is 0 Å². The van der Waals surface area contributed by atoms with Gasteiger partial charge in [-0.3, -0.25) is 4.79 Å². The minimum Gasteiger partial charge on any atom is -0.300 e. The van der Waals surface area contributed by atoms with Crippen LogP contribution in [-0.2, 0) is 11.2 Å². The molecule has 2 rings (SSSR count). The van der Waals surface area contributed by atoms with Crippen LogP contribution >= 0.6 is 11.3 Å². The number of aryl methyl sites for hydroxylation is 1. The van der Waals surface area contributed by atoms with E-state index in [-0.39, 0.29) is 11.8 Å². The number of hydrogen-bond donors (Lipinski definition) is 1. The number of nitrogens with one attached hydrogen (secondary N) is 1.